The van der Waals surface area contributed by atoms with E-state index in [1.54, 1.807) is 6.07 Å². The summed E-state index contributed by atoms with van der Waals surface area (Å²) in [5, 5.41) is 1.11. The molecule has 2 rings (SSSR count). The summed E-state index contributed by atoms with van der Waals surface area (Å²) in [4.78, 5) is 4.46. The van der Waals surface area contributed by atoms with Gasteiger partial charge < -0.3 is 0 Å². The van der Waals surface area contributed by atoms with Crippen molar-refractivity contribution in [2.24, 2.45) is 0 Å². The predicted octanol–water partition coefficient (Wildman–Crippen LogP) is 4.97. The monoisotopic (exact) mass is 363 g/mol. The summed E-state index contributed by atoms with van der Waals surface area (Å²) in [5.74, 6) is 0. The first-order chi connectivity index (χ1) is 7.58. The lowest BCUT2D eigenvalue weighted by molar-refractivity contribution is 1.20. The number of hydrogen-bond donors (Lipinski definition) is 0. The van der Waals surface area contributed by atoms with Gasteiger partial charge in [-0.2, -0.15) is 0 Å². The summed E-state index contributed by atoms with van der Waals surface area (Å²) in [7, 11) is 0. The van der Waals surface area contributed by atoms with Gasteiger partial charge in [0.2, 0.25) is 0 Å². The molecule has 4 heteroatoms. The van der Waals surface area contributed by atoms with Crippen molar-refractivity contribution in [1.29, 1.82) is 0 Å². The Hall–Kier alpha value is -0.320. The Bertz CT molecular complexity index is 520. The topological polar surface area (TPSA) is 12.9 Å². The fourth-order valence-corrected chi connectivity index (χ4v) is 2.61. The molecule has 0 unspecified atom stereocenters. The summed E-state index contributed by atoms with van der Waals surface area (Å²) in [5.41, 5.74) is 2.70. The molecule has 0 bridgehead atoms. The lowest BCUT2D eigenvalue weighted by Crippen LogP contribution is -1.89. The minimum Gasteiger partial charge on any atom is -0.253 e. The van der Waals surface area contributed by atoms with Crippen LogP contribution in [0.3, 0.4) is 0 Å². The highest BCUT2D eigenvalue weighted by Crippen LogP contribution is 2.32. The summed E-state index contributed by atoms with van der Waals surface area (Å²) < 4.78 is 1.14. The van der Waals surface area contributed by atoms with E-state index in [1.807, 2.05) is 31.2 Å². The molecule has 0 saturated carbocycles. The SMILES string of the molecule is Cc1cc(I)cc(-c2cccc(Cl)c2Cl)n1. The van der Waals surface area contributed by atoms with Crippen LogP contribution < -0.4 is 0 Å². The highest BCUT2D eigenvalue weighted by atomic mass is 127. The molecular weight excluding hydrogens is 356 g/mol. The zero-order valence-electron chi connectivity index (χ0n) is 8.47. The smallest absolute Gasteiger partial charge is 0.0731 e. The number of aryl methyl sites for hydroxylation is 1. The maximum atomic E-state index is 6.16. The molecular formula is C12H8Cl2IN. The van der Waals surface area contributed by atoms with Crippen LogP contribution in [0, 0.1) is 10.5 Å². The van der Waals surface area contributed by atoms with Crippen LogP contribution in [0.2, 0.25) is 10.0 Å². The van der Waals surface area contributed by atoms with Gasteiger partial charge in [-0.3, -0.25) is 4.98 Å². The van der Waals surface area contributed by atoms with Gasteiger partial charge in [0, 0.05) is 14.8 Å². The molecule has 1 nitrogen and oxygen atoms in total. The molecule has 0 aliphatic carbocycles. The Morgan fingerprint density at radius 3 is 2.62 bits per heavy atom. The molecule has 0 N–H and O–H groups in total. The van der Waals surface area contributed by atoms with E-state index in [2.05, 4.69) is 27.6 Å². The maximum Gasteiger partial charge on any atom is 0.0731 e. The Morgan fingerprint density at radius 2 is 1.94 bits per heavy atom. The number of benzene rings is 1. The van der Waals surface area contributed by atoms with Crippen LogP contribution in [0.5, 0.6) is 0 Å². The normalized spacial score (nSPS) is 10.5. The van der Waals surface area contributed by atoms with Crippen molar-refractivity contribution in [3.63, 3.8) is 0 Å². The van der Waals surface area contributed by atoms with Crippen LogP contribution in [0.25, 0.3) is 11.3 Å². The second kappa shape index (κ2) is 4.90. The molecule has 0 spiro atoms. The third-order valence-electron chi connectivity index (χ3n) is 2.15. The number of rotatable bonds is 1. The van der Waals surface area contributed by atoms with Crippen molar-refractivity contribution in [3.8, 4) is 11.3 Å². The van der Waals surface area contributed by atoms with Gasteiger partial charge in [-0.25, -0.2) is 0 Å². The minimum atomic E-state index is 0.553. The quantitative estimate of drug-likeness (QED) is 0.652. The number of halogens is 3. The highest BCUT2D eigenvalue weighted by Gasteiger charge is 2.08. The maximum absolute atomic E-state index is 6.16. The molecule has 16 heavy (non-hydrogen) atoms. The molecule has 0 aliphatic rings. The summed E-state index contributed by atoms with van der Waals surface area (Å²) in [6.45, 7) is 1.96. The number of hydrogen-bond acceptors (Lipinski definition) is 1. The van der Waals surface area contributed by atoms with Crippen molar-refractivity contribution < 1.29 is 0 Å². The lowest BCUT2D eigenvalue weighted by Gasteiger charge is -2.06. The number of aromatic nitrogens is 1. The van der Waals surface area contributed by atoms with E-state index in [9.17, 15) is 0 Å². The molecule has 1 aromatic carbocycles. The zero-order chi connectivity index (χ0) is 11.7. The molecule has 82 valence electrons. The molecule has 2 aromatic rings. The fourth-order valence-electron chi connectivity index (χ4n) is 1.47. The molecule has 0 atom stereocenters. The van der Waals surface area contributed by atoms with Crippen LogP contribution in [0.1, 0.15) is 5.69 Å². The van der Waals surface area contributed by atoms with Gasteiger partial charge >= 0.3 is 0 Å². The van der Waals surface area contributed by atoms with Gasteiger partial charge in [0.15, 0.2) is 0 Å². The minimum absolute atomic E-state index is 0.553. The van der Waals surface area contributed by atoms with E-state index in [-0.39, 0.29) is 0 Å². The summed E-state index contributed by atoms with van der Waals surface area (Å²) in [6, 6.07) is 9.58. The van der Waals surface area contributed by atoms with Crippen LogP contribution in [-0.4, -0.2) is 4.98 Å². The van der Waals surface area contributed by atoms with Crippen molar-refractivity contribution >= 4 is 45.8 Å². The van der Waals surface area contributed by atoms with E-state index < -0.39 is 0 Å². The van der Waals surface area contributed by atoms with E-state index >= 15 is 0 Å². The molecule has 0 aliphatic heterocycles. The third kappa shape index (κ3) is 2.50. The standard InChI is InChI=1S/C12H8Cl2IN/c1-7-5-8(15)6-11(16-7)9-3-2-4-10(13)12(9)14/h2-6H,1H3. The zero-order valence-corrected chi connectivity index (χ0v) is 12.1. The molecule has 0 saturated heterocycles. The molecule has 1 heterocycles. The van der Waals surface area contributed by atoms with E-state index in [0.29, 0.717) is 10.0 Å². The average molecular weight is 364 g/mol. The number of nitrogens with zero attached hydrogens (tertiary/aromatic N) is 1. The second-order valence-corrected chi connectivity index (χ2v) is 5.44. The Morgan fingerprint density at radius 1 is 1.19 bits per heavy atom. The van der Waals surface area contributed by atoms with Gasteiger partial charge in [0.1, 0.15) is 0 Å². The van der Waals surface area contributed by atoms with Crippen molar-refractivity contribution in [2.75, 3.05) is 0 Å². The van der Waals surface area contributed by atoms with E-state index in [4.69, 9.17) is 23.2 Å². The van der Waals surface area contributed by atoms with Gasteiger partial charge in [0.25, 0.3) is 0 Å². The van der Waals surface area contributed by atoms with E-state index in [0.717, 1.165) is 20.5 Å². The fraction of sp³-hybridized carbons (Fsp3) is 0.0833. The second-order valence-electron chi connectivity index (χ2n) is 3.41. The first kappa shape index (κ1) is 12.1. The summed E-state index contributed by atoms with van der Waals surface area (Å²) >= 11 is 14.4. The third-order valence-corrected chi connectivity index (χ3v) is 3.59. The first-order valence-electron chi connectivity index (χ1n) is 4.66. The van der Waals surface area contributed by atoms with Gasteiger partial charge in [0.05, 0.1) is 15.7 Å². The number of pyridine rings is 1. The predicted molar refractivity (Wildman–Crippen MR) is 77.1 cm³/mol. The van der Waals surface area contributed by atoms with Crippen molar-refractivity contribution in [3.05, 3.63) is 49.6 Å². The van der Waals surface area contributed by atoms with Crippen LogP contribution in [0.4, 0.5) is 0 Å². The van der Waals surface area contributed by atoms with Gasteiger partial charge in [-0.05, 0) is 47.7 Å². The Kier molecular flexibility index (Phi) is 3.72. The van der Waals surface area contributed by atoms with Crippen LogP contribution >= 0.6 is 45.8 Å². The highest BCUT2D eigenvalue weighted by molar-refractivity contribution is 14.1. The van der Waals surface area contributed by atoms with Gasteiger partial charge in [-0.1, -0.05) is 35.3 Å². The van der Waals surface area contributed by atoms with Crippen molar-refractivity contribution in [1.82, 2.24) is 4.98 Å². The molecule has 0 radical (unpaired) electrons. The van der Waals surface area contributed by atoms with Gasteiger partial charge in [-0.15, -0.1) is 0 Å². The van der Waals surface area contributed by atoms with E-state index in [1.165, 1.54) is 0 Å². The Balaban J connectivity index is 2.63. The largest absolute Gasteiger partial charge is 0.253 e. The lowest BCUT2D eigenvalue weighted by atomic mass is 10.1. The average Bonchev–Trinajstić information content (AvgIpc) is 2.20. The van der Waals surface area contributed by atoms with Crippen LogP contribution in [0.15, 0.2) is 30.3 Å². The van der Waals surface area contributed by atoms with Crippen LogP contribution in [-0.2, 0) is 0 Å². The Labute approximate surface area is 118 Å². The molecule has 1 aromatic heterocycles. The van der Waals surface area contributed by atoms with Crippen molar-refractivity contribution in [2.45, 2.75) is 6.92 Å². The first-order valence-corrected chi connectivity index (χ1v) is 6.50. The molecule has 0 amide bonds. The molecule has 0 fully saturated rings. The summed E-state index contributed by atoms with van der Waals surface area (Å²) in [6.07, 6.45) is 0.